The van der Waals surface area contributed by atoms with Gasteiger partial charge in [0, 0.05) is 24.8 Å². The van der Waals surface area contributed by atoms with Crippen molar-refractivity contribution < 1.29 is 38.9 Å². The number of cyclic esters (lactones) is 1. The molecule has 8 nitrogen and oxygen atoms in total. The van der Waals surface area contributed by atoms with Gasteiger partial charge in [-0.05, 0) is 88.9 Å². The van der Waals surface area contributed by atoms with E-state index in [0.717, 1.165) is 5.57 Å². The van der Waals surface area contributed by atoms with Crippen LogP contribution in [0, 0.1) is 33.5 Å². The molecule has 7 atom stereocenters. The summed E-state index contributed by atoms with van der Waals surface area (Å²) in [5.74, 6) is -2.73. The van der Waals surface area contributed by atoms with Gasteiger partial charge >= 0.3 is 11.9 Å². The van der Waals surface area contributed by atoms with Crippen molar-refractivity contribution in [3.8, 4) is 0 Å². The molecule has 214 valence electrons. The Balaban J connectivity index is 1.75. The summed E-state index contributed by atoms with van der Waals surface area (Å²) in [7, 11) is 0. The van der Waals surface area contributed by atoms with Gasteiger partial charge in [0.1, 0.15) is 17.0 Å². The van der Waals surface area contributed by atoms with Crippen LogP contribution in [0.25, 0.3) is 0 Å². The fourth-order valence-corrected chi connectivity index (χ4v) is 8.37. The van der Waals surface area contributed by atoms with Gasteiger partial charge in [-0.25, -0.2) is 0 Å². The van der Waals surface area contributed by atoms with Crippen LogP contribution in [0.5, 0.6) is 0 Å². The SMILES string of the molecule is CC(=O)OC(C)(C)/C=C/C(=O)[C@](C)(O)[C@H]1[C@H](O)C[C@@]2(C)[C@@H]3CC=C4C(=COC(=O)C4(C)C)[C@]3(C)C(=O)C[C@]12C. The molecular weight excluding hydrogens is 500 g/mol. The summed E-state index contributed by atoms with van der Waals surface area (Å²) < 4.78 is 10.7. The van der Waals surface area contributed by atoms with Crippen LogP contribution < -0.4 is 0 Å². The van der Waals surface area contributed by atoms with E-state index in [2.05, 4.69) is 0 Å². The summed E-state index contributed by atoms with van der Waals surface area (Å²) in [5, 5.41) is 23.2. The fraction of sp³-hybridized carbons (Fsp3) is 0.677. The topological polar surface area (TPSA) is 127 Å². The molecule has 0 aromatic heterocycles. The molecule has 0 radical (unpaired) electrons. The predicted octanol–water partition coefficient (Wildman–Crippen LogP) is 3.99. The van der Waals surface area contributed by atoms with Crippen LogP contribution in [0.15, 0.2) is 35.6 Å². The molecule has 39 heavy (non-hydrogen) atoms. The summed E-state index contributed by atoms with van der Waals surface area (Å²) >= 11 is 0. The van der Waals surface area contributed by atoms with Crippen molar-refractivity contribution in [2.45, 2.75) is 98.9 Å². The Hall–Kier alpha value is -2.58. The van der Waals surface area contributed by atoms with Gasteiger partial charge in [0.25, 0.3) is 0 Å². The first kappa shape index (κ1) is 29.4. The minimum Gasteiger partial charge on any atom is -0.456 e. The number of carbonyl (C=O) groups is 4. The van der Waals surface area contributed by atoms with Gasteiger partial charge in [-0.1, -0.05) is 19.9 Å². The van der Waals surface area contributed by atoms with Gasteiger partial charge in [-0.15, -0.1) is 0 Å². The van der Waals surface area contributed by atoms with Crippen LogP contribution in [0.4, 0.5) is 0 Å². The smallest absolute Gasteiger partial charge is 0.320 e. The average molecular weight is 543 g/mol. The third kappa shape index (κ3) is 4.00. The van der Waals surface area contributed by atoms with E-state index >= 15 is 0 Å². The summed E-state index contributed by atoms with van der Waals surface area (Å²) in [4.78, 5) is 51.5. The lowest BCUT2D eigenvalue weighted by Gasteiger charge is -2.62. The van der Waals surface area contributed by atoms with E-state index in [1.54, 1.807) is 27.7 Å². The van der Waals surface area contributed by atoms with Crippen LogP contribution >= 0.6 is 0 Å². The van der Waals surface area contributed by atoms with E-state index in [1.807, 2.05) is 26.8 Å². The molecule has 4 rings (SSSR count). The summed E-state index contributed by atoms with van der Waals surface area (Å²) in [6.07, 6.45) is 5.88. The number of aliphatic hydroxyl groups excluding tert-OH is 1. The Morgan fingerprint density at radius 3 is 2.28 bits per heavy atom. The van der Waals surface area contributed by atoms with Crippen LogP contribution in [0.2, 0.25) is 0 Å². The lowest BCUT2D eigenvalue weighted by Crippen LogP contribution is -2.63. The molecule has 0 aromatic rings. The number of ketones is 2. The van der Waals surface area contributed by atoms with Crippen molar-refractivity contribution in [3.05, 3.63) is 35.6 Å². The van der Waals surface area contributed by atoms with Gasteiger partial charge < -0.3 is 19.7 Å². The van der Waals surface area contributed by atoms with Gasteiger partial charge in [-0.3, -0.25) is 19.2 Å². The fourth-order valence-electron chi connectivity index (χ4n) is 8.37. The third-order valence-electron chi connectivity index (χ3n) is 10.6. The highest BCUT2D eigenvalue weighted by Crippen LogP contribution is 2.73. The molecule has 0 spiro atoms. The molecule has 8 heteroatoms. The molecule has 1 heterocycles. The highest BCUT2D eigenvalue weighted by molar-refractivity contribution is 5.98. The third-order valence-corrected chi connectivity index (χ3v) is 10.6. The first-order chi connectivity index (χ1) is 17.7. The predicted molar refractivity (Wildman–Crippen MR) is 143 cm³/mol. The molecule has 3 aliphatic carbocycles. The molecule has 4 aliphatic rings. The zero-order valence-electron chi connectivity index (χ0n) is 24.5. The lowest BCUT2D eigenvalue weighted by molar-refractivity contribution is -0.172. The average Bonchev–Trinajstić information content (AvgIpc) is 2.99. The number of allylic oxidation sites excluding steroid dienone is 2. The van der Waals surface area contributed by atoms with Crippen molar-refractivity contribution in [3.63, 3.8) is 0 Å². The largest absolute Gasteiger partial charge is 0.456 e. The second-order valence-corrected chi connectivity index (χ2v) is 13.9. The minimum atomic E-state index is -1.99. The number of hydrogen-bond acceptors (Lipinski definition) is 8. The van der Waals surface area contributed by atoms with Crippen LogP contribution in [-0.4, -0.2) is 51.0 Å². The van der Waals surface area contributed by atoms with Gasteiger partial charge in [0.15, 0.2) is 5.78 Å². The maximum atomic E-state index is 14.2. The molecule has 2 saturated carbocycles. The Morgan fingerprint density at radius 2 is 1.69 bits per heavy atom. The second-order valence-electron chi connectivity index (χ2n) is 13.9. The summed E-state index contributed by atoms with van der Waals surface area (Å²) in [6.45, 7) is 15.4. The highest BCUT2D eigenvalue weighted by Gasteiger charge is 2.74. The molecule has 0 aromatic carbocycles. The van der Waals surface area contributed by atoms with Gasteiger partial charge in [0.2, 0.25) is 0 Å². The zero-order valence-corrected chi connectivity index (χ0v) is 24.5. The van der Waals surface area contributed by atoms with Gasteiger partial charge in [-0.2, -0.15) is 0 Å². The van der Waals surface area contributed by atoms with Crippen molar-refractivity contribution in [2.24, 2.45) is 33.5 Å². The number of Topliss-reactive ketones (excluding diaryl/α,β-unsaturated/α-hetero) is 1. The molecule has 2 fully saturated rings. The molecule has 0 unspecified atom stereocenters. The van der Waals surface area contributed by atoms with Gasteiger partial charge in [0.05, 0.1) is 23.2 Å². The quantitative estimate of drug-likeness (QED) is 0.394. The normalized spacial score (nSPS) is 39.0. The summed E-state index contributed by atoms with van der Waals surface area (Å²) in [6, 6.07) is 0. The van der Waals surface area contributed by atoms with E-state index < -0.39 is 56.6 Å². The second kappa shape index (κ2) is 8.71. The zero-order chi connectivity index (χ0) is 29.6. The number of rotatable bonds is 5. The number of hydrogen-bond donors (Lipinski definition) is 2. The molecule has 2 N–H and O–H groups in total. The minimum absolute atomic E-state index is 0.0449. The Bertz CT molecular complexity index is 1230. The summed E-state index contributed by atoms with van der Waals surface area (Å²) in [5.41, 5.74) is -4.92. The highest BCUT2D eigenvalue weighted by atomic mass is 16.6. The first-order valence-electron chi connectivity index (χ1n) is 13.7. The maximum absolute atomic E-state index is 14.2. The van der Waals surface area contributed by atoms with Crippen LogP contribution in [-0.2, 0) is 28.7 Å². The van der Waals surface area contributed by atoms with E-state index in [-0.39, 0.29) is 24.1 Å². The van der Waals surface area contributed by atoms with E-state index in [4.69, 9.17) is 9.47 Å². The molecule has 0 saturated heterocycles. The van der Waals surface area contributed by atoms with E-state index in [1.165, 1.54) is 32.3 Å². The van der Waals surface area contributed by atoms with E-state index in [0.29, 0.717) is 18.4 Å². The Kier molecular flexibility index (Phi) is 6.57. The number of esters is 2. The lowest BCUT2D eigenvalue weighted by atomic mass is 9.40. The van der Waals surface area contributed by atoms with E-state index in [9.17, 15) is 29.4 Å². The molecule has 1 aliphatic heterocycles. The number of ether oxygens (including phenoxy) is 2. The maximum Gasteiger partial charge on any atom is 0.320 e. The van der Waals surface area contributed by atoms with Crippen molar-refractivity contribution in [1.29, 1.82) is 0 Å². The number of aliphatic hydroxyl groups is 2. The van der Waals surface area contributed by atoms with Crippen molar-refractivity contribution >= 4 is 23.5 Å². The number of fused-ring (bicyclic) bond motifs is 5. The monoisotopic (exact) mass is 542 g/mol. The van der Waals surface area contributed by atoms with Crippen LogP contribution in [0.1, 0.15) is 81.6 Å². The first-order valence-corrected chi connectivity index (χ1v) is 13.7. The van der Waals surface area contributed by atoms with Crippen LogP contribution in [0.3, 0.4) is 0 Å². The molecule has 0 amide bonds. The Morgan fingerprint density at radius 1 is 1.08 bits per heavy atom. The van der Waals surface area contributed by atoms with Crippen molar-refractivity contribution in [2.75, 3.05) is 0 Å². The molecular formula is C31H42O8. The number of carbonyl (C=O) groups excluding carboxylic acids is 4. The standard InChI is InChI=1S/C31H42O8/c1-17(32)39-26(2,3)13-12-22(34)31(9,37)24-20(33)14-28(6)21-11-10-18-19(16-38-25(36)27(18,4)5)30(21,8)23(35)15-29(24,28)7/h10,12-13,16,20-21,24,33,37H,11,14-15H2,1-9H3/b13-12+/t20-,21+,24+,28+,29-,30+,31+/m1/s1. The van der Waals surface area contributed by atoms with Crippen molar-refractivity contribution in [1.82, 2.24) is 0 Å². The molecule has 0 bridgehead atoms. The Labute approximate surface area is 230 Å².